The van der Waals surface area contributed by atoms with Crippen molar-refractivity contribution in [3.8, 4) is 0 Å². The van der Waals surface area contributed by atoms with Gasteiger partial charge < -0.3 is 10.0 Å². The highest BCUT2D eigenvalue weighted by atomic mass is 16.3. The number of carbonyl (C=O) groups excluding carboxylic acids is 1. The second-order valence-corrected chi connectivity index (χ2v) is 9.79. The third-order valence-corrected chi connectivity index (χ3v) is 7.24. The van der Waals surface area contributed by atoms with Crippen LogP contribution in [0.15, 0.2) is 18.2 Å². The zero-order valence-electron chi connectivity index (χ0n) is 15.4. The van der Waals surface area contributed by atoms with Crippen molar-refractivity contribution in [1.82, 2.24) is 4.90 Å². The molecule has 1 N–H and O–H groups in total. The molecule has 134 valence electrons. The summed E-state index contributed by atoms with van der Waals surface area (Å²) in [6, 6.07) is 7.12. The second kappa shape index (κ2) is 5.09. The molecule has 0 bridgehead atoms. The van der Waals surface area contributed by atoms with Crippen LogP contribution in [-0.4, -0.2) is 34.6 Å². The van der Waals surface area contributed by atoms with Gasteiger partial charge in [-0.05, 0) is 80.9 Å². The van der Waals surface area contributed by atoms with E-state index in [9.17, 15) is 9.90 Å². The van der Waals surface area contributed by atoms with Crippen molar-refractivity contribution >= 4 is 5.91 Å². The molecule has 4 aliphatic rings. The molecule has 5 rings (SSSR count). The molecule has 1 spiro atoms. The van der Waals surface area contributed by atoms with Gasteiger partial charge in [-0.3, -0.25) is 4.79 Å². The molecule has 1 aromatic carbocycles. The van der Waals surface area contributed by atoms with Gasteiger partial charge in [-0.25, -0.2) is 0 Å². The van der Waals surface area contributed by atoms with Gasteiger partial charge in [-0.2, -0.15) is 0 Å². The van der Waals surface area contributed by atoms with Gasteiger partial charge in [-0.15, -0.1) is 0 Å². The molecule has 3 nitrogen and oxygen atoms in total. The highest BCUT2D eigenvalue weighted by Gasteiger charge is 2.56. The molecule has 0 unspecified atom stereocenters. The van der Waals surface area contributed by atoms with Crippen LogP contribution in [-0.2, 0) is 4.79 Å². The Bertz CT molecular complexity index is 712. The highest BCUT2D eigenvalue weighted by Crippen LogP contribution is 2.57. The summed E-state index contributed by atoms with van der Waals surface area (Å²) in [4.78, 5) is 14.5. The maximum absolute atomic E-state index is 12.5. The normalized spacial score (nSPS) is 33.6. The van der Waals surface area contributed by atoms with Crippen molar-refractivity contribution in [2.24, 2.45) is 11.3 Å². The molecule has 1 saturated heterocycles. The quantitative estimate of drug-likeness (QED) is 0.911. The molecule has 1 aromatic rings. The summed E-state index contributed by atoms with van der Waals surface area (Å²) in [5, 5.41) is 9.84. The van der Waals surface area contributed by atoms with E-state index in [4.69, 9.17) is 0 Å². The van der Waals surface area contributed by atoms with E-state index >= 15 is 0 Å². The first-order valence-corrected chi connectivity index (χ1v) is 9.96. The molecule has 4 fully saturated rings. The number of benzene rings is 1. The zero-order valence-corrected chi connectivity index (χ0v) is 15.4. The van der Waals surface area contributed by atoms with E-state index < -0.39 is 5.60 Å². The lowest BCUT2D eigenvalue weighted by molar-refractivity contribution is -0.168. The largest absolute Gasteiger partial charge is 0.390 e. The monoisotopic (exact) mass is 339 g/mol. The van der Waals surface area contributed by atoms with Crippen LogP contribution < -0.4 is 0 Å². The molecule has 3 saturated carbocycles. The van der Waals surface area contributed by atoms with Crippen molar-refractivity contribution in [2.45, 2.75) is 69.8 Å². The first-order chi connectivity index (χ1) is 11.8. The summed E-state index contributed by atoms with van der Waals surface area (Å²) in [5.41, 5.74) is 4.36. The second-order valence-electron chi connectivity index (χ2n) is 9.79. The average Bonchev–Trinajstić information content (AvgIpc) is 3.27. The molecular weight excluding hydrogens is 310 g/mol. The van der Waals surface area contributed by atoms with Gasteiger partial charge in [0.2, 0.25) is 5.91 Å². The van der Waals surface area contributed by atoms with Crippen LogP contribution in [0.1, 0.15) is 74.0 Å². The highest BCUT2D eigenvalue weighted by molar-refractivity contribution is 5.81. The minimum absolute atomic E-state index is 0.0708. The van der Waals surface area contributed by atoms with E-state index in [1.807, 2.05) is 11.8 Å². The minimum Gasteiger partial charge on any atom is -0.390 e. The van der Waals surface area contributed by atoms with Crippen LogP contribution >= 0.6 is 0 Å². The van der Waals surface area contributed by atoms with Crippen molar-refractivity contribution in [3.05, 3.63) is 34.9 Å². The first kappa shape index (κ1) is 15.9. The van der Waals surface area contributed by atoms with Gasteiger partial charge >= 0.3 is 0 Å². The molecule has 1 aliphatic heterocycles. The van der Waals surface area contributed by atoms with Gasteiger partial charge in [0.05, 0.1) is 5.60 Å². The van der Waals surface area contributed by atoms with E-state index in [1.165, 1.54) is 36.8 Å². The Morgan fingerprint density at radius 2 is 1.80 bits per heavy atom. The third kappa shape index (κ3) is 2.63. The topological polar surface area (TPSA) is 40.5 Å². The lowest BCUT2D eigenvalue weighted by atomic mass is 9.55. The predicted octanol–water partition coefficient (Wildman–Crippen LogP) is 3.74. The number of aryl methyl sites for hydroxylation is 1. The molecule has 3 heteroatoms. The van der Waals surface area contributed by atoms with E-state index in [0.717, 1.165) is 19.0 Å². The minimum atomic E-state index is -0.602. The Labute approximate surface area is 150 Å². The molecule has 0 atom stereocenters. The predicted molar refractivity (Wildman–Crippen MR) is 97.5 cm³/mol. The van der Waals surface area contributed by atoms with Crippen LogP contribution in [0.25, 0.3) is 0 Å². The molecular formula is C22H29NO2. The number of nitrogens with zero attached hydrogens (tertiary/aromatic N) is 1. The fourth-order valence-corrected chi connectivity index (χ4v) is 5.58. The molecule has 0 radical (unpaired) electrons. The number of rotatable bonds is 3. The maximum Gasteiger partial charge on any atom is 0.225 e. The number of hydrogen-bond donors (Lipinski definition) is 1. The summed E-state index contributed by atoms with van der Waals surface area (Å²) >= 11 is 0. The van der Waals surface area contributed by atoms with Crippen LogP contribution in [0.5, 0.6) is 0 Å². The standard InChI is InChI=1S/C22H29NO2/c1-14-3-4-16(7-19(14)15-5-6-15)17-10-22(11-17)12-23(13-22)20(24)18-8-21(2,25)9-18/h3-4,7,15,17-18,25H,5-6,8-13H2,1-2H3. The summed E-state index contributed by atoms with van der Waals surface area (Å²) < 4.78 is 0. The SMILES string of the molecule is Cc1ccc(C2CC3(C2)CN(C(=O)C2CC(C)(O)C2)C3)cc1C1CC1. The smallest absolute Gasteiger partial charge is 0.225 e. The Morgan fingerprint density at radius 3 is 2.40 bits per heavy atom. The van der Waals surface area contributed by atoms with Crippen LogP contribution in [0.3, 0.4) is 0 Å². The van der Waals surface area contributed by atoms with E-state index in [1.54, 1.807) is 5.56 Å². The fraction of sp³-hybridized carbons (Fsp3) is 0.682. The summed E-state index contributed by atoms with van der Waals surface area (Å²) in [6.07, 6.45) is 6.50. The summed E-state index contributed by atoms with van der Waals surface area (Å²) in [6.45, 7) is 5.97. The van der Waals surface area contributed by atoms with Crippen molar-refractivity contribution < 1.29 is 9.90 Å². The molecule has 0 aromatic heterocycles. The fourth-order valence-electron chi connectivity index (χ4n) is 5.58. The van der Waals surface area contributed by atoms with E-state index in [0.29, 0.717) is 24.2 Å². The van der Waals surface area contributed by atoms with E-state index in [2.05, 4.69) is 25.1 Å². The Morgan fingerprint density at radius 1 is 1.12 bits per heavy atom. The number of hydrogen-bond acceptors (Lipinski definition) is 2. The lowest BCUT2D eigenvalue weighted by Gasteiger charge is -2.60. The lowest BCUT2D eigenvalue weighted by Crippen LogP contribution is -2.65. The van der Waals surface area contributed by atoms with Gasteiger partial charge in [0.25, 0.3) is 0 Å². The summed E-state index contributed by atoms with van der Waals surface area (Å²) in [7, 11) is 0. The van der Waals surface area contributed by atoms with Crippen molar-refractivity contribution in [2.75, 3.05) is 13.1 Å². The van der Waals surface area contributed by atoms with Crippen molar-refractivity contribution in [3.63, 3.8) is 0 Å². The average molecular weight is 339 g/mol. The first-order valence-electron chi connectivity index (χ1n) is 9.96. The molecule has 3 aliphatic carbocycles. The van der Waals surface area contributed by atoms with Crippen molar-refractivity contribution in [1.29, 1.82) is 0 Å². The maximum atomic E-state index is 12.5. The van der Waals surface area contributed by atoms with Crippen LogP contribution in [0.2, 0.25) is 0 Å². The number of likely N-dealkylation sites (tertiary alicyclic amines) is 1. The van der Waals surface area contributed by atoms with Crippen LogP contribution in [0.4, 0.5) is 0 Å². The zero-order chi connectivity index (χ0) is 17.4. The van der Waals surface area contributed by atoms with Gasteiger partial charge in [0.1, 0.15) is 0 Å². The Kier molecular flexibility index (Phi) is 3.23. The molecule has 25 heavy (non-hydrogen) atoms. The van der Waals surface area contributed by atoms with E-state index in [-0.39, 0.29) is 11.8 Å². The van der Waals surface area contributed by atoms with Gasteiger partial charge in [0, 0.05) is 24.4 Å². The number of amides is 1. The number of aliphatic hydroxyl groups is 1. The number of carbonyl (C=O) groups is 1. The van der Waals surface area contributed by atoms with Gasteiger partial charge in [0.15, 0.2) is 0 Å². The summed E-state index contributed by atoms with van der Waals surface area (Å²) in [5.74, 6) is 1.87. The third-order valence-electron chi connectivity index (χ3n) is 7.24. The van der Waals surface area contributed by atoms with Gasteiger partial charge in [-0.1, -0.05) is 18.2 Å². The molecule has 1 heterocycles. The van der Waals surface area contributed by atoms with Crippen LogP contribution in [0, 0.1) is 18.3 Å². The Balaban J connectivity index is 1.17. The molecule has 1 amide bonds. The Hall–Kier alpha value is -1.35.